The van der Waals surface area contributed by atoms with E-state index in [0.29, 0.717) is 11.8 Å². The van der Waals surface area contributed by atoms with Crippen LogP contribution in [0.5, 0.6) is 0 Å². The number of carbonyl (C=O) groups excluding carboxylic acids is 1. The van der Waals surface area contributed by atoms with E-state index in [-0.39, 0.29) is 18.6 Å². The van der Waals surface area contributed by atoms with Gasteiger partial charge in [-0.15, -0.1) is 0 Å². The lowest BCUT2D eigenvalue weighted by molar-refractivity contribution is -0.130. The second-order valence-electron chi connectivity index (χ2n) is 7.25. The molecule has 0 spiro atoms. The van der Waals surface area contributed by atoms with Crippen molar-refractivity contribution in [2.24, 2.45) is 23.2 Å². The van der Waals surface area contributed by atoms with Gasteiger partial charge in [0.25, 0.3) is 0 Å². The van der Waals surface area contributed by atoms with Crippen molar-refractivity contribution < 1.29 is 9.90 Å². The number of aliphatic hydroxyl groups excluding tert-OH is 1. The third kappa shape index (κ3) is 2.29. The van der Waals surface area contributed by atoms with Crippen LogP contribution >= 0.6 is 0 Å². The molecule has 0 saturated heterocycles. The van der Waals surface area contributed by atoms with E-state index in [1.54, 1.807) is 0 Å². The highest BCUT2D eigenvalue weighted by Gasteiger charge is 2.51. The average Bonchev–Trinajstić information content (AvgIpc) is 2.25. The zero-order chi connectivity index (χ0) is 12.8. The molecular weight excluding hydrogens is 226 g/mol. The Morgan fingerprint density at radius 3 is 2.17 bits per heavy atom. The van der Waals surface area contributed by atoms with Gasteiger partial charge in [0.1, 0.15) is 0 Å². The van der Waals surface area contributed by atoms with Gasteiger partial charge in [0.2, 0.25) is 5.91 Å². The number of rotatable bonds is 4. The quantitative estimate of drug-likeness (QED) is 0.804. The second kappa shape index (κ2) is 4.52. The third-order valence-electron chi connectivity index (χ3n) is 5.38. The molecule has 1 amide bonds. The van der Waals surface area contributed by atoms with E-state index in [0.717, 1.165) is 17.8 Å². The first-order chi connectivity index (χ1) is 8.58. The molecule has 0 aromatic rings. The fraction of sp³-hybridized carbons (Fsp3) is 0.933. The summed E-state index contributed by atoms with van der Waals surface area (Å²) in [6, 6.07) is -0.105. The van der Waals surface area contributed by atoms with Crippen molar-refractivity contribution in [1.82, 2.24) is 5.32 Å². The first-order valence-corrected chi connectivity index (χ1v) is 7.49. The topological polar surface area (TPSA) is 49.3 Å². The molecule has 0 heterocycles. The summed E-state index contributed by atoms with van der Waals surface area (Å²) in [5.74, 6) is 2.86. The van der Waals surface area contributed by atoms with Gasteiger partial charge in [-0.25, -0.2) is 0 Å². The zero-order valence-corrected chi connectivity index (χ0v) is 11.3. The Kier molecular flexibility index (Phi) is 3.13. The minimum Gasteiger partial charge on any atom is -0.394 e. The van der Waals surface area contributed by atoms with Crippen molar-refractivity contribution in [2.45, 2.75) is 57.9 Å². The van der Waals surface area contributed by atoms with Gasteiger partial charge >= 0.3 is 0 Å². The molecule has 3 heteroatoms. The molecule has 0 radical (unpaired) electrons. The van der Waals surface area contributed by atoms with Crippen molar-refractivity contribution >= 4 is 5.91 Å². The molecule has 4 aliphatic carbocycles. The van der Waals surface area contributed by atoms with Gasteiger partial charge < -0.3 is 10.4 Å². The first kappa shape index (κ1) is 12.5. The van der Waals surface area contributed by atoms with Crippen LogP contribution in [0.1, 0.15) is 51.9 Å². The van der Waals surface area contributed by atoms with Gasteiger partial charge in [-0.2, -0.15) is 0 Å². The molecule has 0 unspecified atom stereocenters. The molecule has 4 bridgehead atoms. The van der Waals surface area contributed by atoms with Crippen LogP contribution < -0.4 is 5.32 Å². The summed E-state index contributed by atoms with van der Waals surface area (Å²) in [7, 11) is 0. The van der Waals surface area contributed by atoms with Crippen LogP contribution in [-0.2, 0) is 4.79 Å². The van der Waals surface area contributed by atoms with Crippen LogP contribution in [0, 0.1) is 23.2 Å². The van der Waals surface area contributed by atoms with Gasteiger partial charge in [0.15, 0.2) is 0 Å². The Bertz CT molecular complexity index is 304. The monoisotopic (exact) mass is 251 g/mol. The highest BCUT2D eigenvalue weighted by Crippen LogP contribution is 2.61. The number of carbonyl (C=O) groups is 1. The number of nitrogens with one attached hydrogen (secondary N) is 1. The van der Waals surface area contributed by atoms with Crippen LogP contribution in [0.4, 0.5) is 0 Å². The van der Waals surface area contributed by atoms with E-state index in [4.69, 9.17) is 5.11 Å². The first-order valence-electron chi connectivity index (χ1n) is 7.49. The Morgan fingerprint density at radius 1 is 1.22 bits per heavy atom. The van der Waals surface area contributed by atoms with E-state index in [9.17, 15) is 4.79 Å². The highest BCUT2D eigenvalue weighted by molar-refractivity contribution is 5.77. The summed E-state index contributed by atoms with van der Waals surface area (Å²) in [5, 5.41) is 11.9. The Balaban J connectivity index is 1.63. The molecule has 4 fully saturated rings. The summed E-state index contributed by atoms with van der Waals surface area (Å²) >= 11 is 0. The molecule has 0 aromatic heterocycles. The maximum absolute atomic E-state index is 12.1. The minimum atomic E-state index is -0.105. The fourth-order valence-electron chi connectivity index (χ4n) is 5.22. The molecule has 0 aromatic carbocycles. The lowest BCUT2D eigenvalue weighted by Crippen LogP contribution is -2.48. The van der Waals surface area contributed by atoms with Gasteiger partial charge in [0.05, 0.1) is 6.61 Å². The van der Waals surface area contributed by atoms with E-state index >= 15 is 0 Å². The predicted octanol–water partition coefficient (Wildman–Crippen LogP) is 2.09. The minimum absolute atomic E-state index is 0.0343. The van der Waals surface area contributed by atoms with Gasteiger partial charge in [-0.1, -0.05) is 0 Å². The predicted molar refractivity (Wildman–Crippen MR) is 69.9 cm³/mol. The summed E-state index contributed by atoms with van der Waals surface area (Å²) < 4.78 is 0. The maximum atomic E-state index is 12.1. The Labute approximate surface area is 109 Å². The molecule has 3 nitrogen and oxygen atoms in total. The normalized spacial score (nSPS) is 42.9. The number of aliphatic hydroxyl groups is 1. The molecule has 1 atom stereocenters. The molecule has 4 saturated carbocycles. The van der Waals surface area contributed by atoms with Crippen LogP contribution in [0.2, 0.25) is 0 Å². The van der Waals surface area contributed by atoms with E-state index in [2.05, 4.69) is 5.32 Å². The maximum Gasteiger partial charge on any atom is 0.220 e. The molecule has 4 aliphatic rings. The number of hydrogen-bond donors (Lipinski definition) is 2. The largest absolute Gasteiger partial charge is 0.394 e. The lowest BCUT2D eigenvalue weighted by Gasteiger charge is -2.56. The van der Waals surface area contributed by atoms with Gasteiger partial charge in [0, 0.05) is 12.5 Å². The van der Waals surface area contributed by atoms with Crippen LogP contribution in [0.15, 0.2) is 0 Å². The molecule has 18 heavy (non-hydrogen) atoms. The standard InChI is InChI=1S/C15H25NO2/c1-10(9-17)16-14(18)8-15-5-11-2-12(6-15)4-13(3-11)7-15/h10-13,17H,2-9H2,1H3,(H,16,18)/t10-,11?,12?,13?,15?/m1/s1. The van der Waals surface area contributed by atoms with Crippen molar-refractivity contribution in [3.8, 4) is 0 Å². The van der Waals surface area contributed by atoms with E-state index in [1.165, 1.54) is 38.5 Å². The van der Waals surface area contributed by atoms with Crippen LogP contribution in [0.25, 0.3) is 0 Å². The summed E-state index contributed by atoms with van der Waals surface area (Å²) in [6.45, 7) is 1.89. The van der Waals surface area contributed by atoms with Crippen LogP contribution in [-0.4, -0.2) is 23.7 Å². The Morgan fingerprint density at radius 2 is 1.72 bits per heavy atom. The lowest BCUT2D eigenvalue weighted by atomic mass is 9.49. The van der Waals surface area contributed by atoms with E-state index < -0.39 is 0 Å². The van der Waals surface area contributed by atoms with Crippen molar-refractivity contribution in [3.63, 3.8) is 0 Å². The van der Waals surface area contributed by atoms with Crippen molar-refractivity contribution in [2.75, 3.05) is 6.61 Å². The Hall–Kier alpha value is -0.570. The third-order valence-corrected chi connectivity index (χ3v) is 5.38. The molecule has 2 N–H and O–H groups in total. The summed E-state index contributed by atoms with van der Waals surface area (Å²) in [5.41, 5.74) is 0.314. The fourth-order valence-corrected chi connectivity index (χ4v) is 5.22. The molecule has 0 aliphatic heterocycles. The van der Waals surface area contributed by atoms with Gasteiger partial charge in [-0.05, 0) is 68.6 Å². The van der Waals surface area contributed by atoms with Gasteiger partial charge in [-0.3, -0.25) is 4.79 Å². The average molecular weight is 251 g/mol. The van der Waals surface area contributed by atoms with E-state index in [1.807, 2.05) is 6.92 Å². The smallest absolute Gasteiger partial charge is 0.220 e. The van der Waals surface area contributed by atoms with Crippen molar-refractivity contribution in [3.05, 3.63) is 0 Å². The zero-order valence-electron chi connectivity index (χ0n) is 11.3. The summed E-state index contributed by atoms with van der Waals surface area (Å²) in [6.07, 6.45) is 8.80. The molecular formula is C15H25NO2. The number of amides is 1. The van der Waals surface area contributed by atoms with Crippen LogP contribution in [0.3, 0.4) is 0 Å². The molecule has 102 valence electrons. The summed E-state index contributed by atoms with van der Waals surface area (Å²) in [4.78, 5) is 12.1. The number of hydrogen-bond acceptors (Lipinski definition) is 2. The SMILES string of the molecule is C[C@H](CO)NC(=O)CC12CC3CC(CC(C3)C1)C2. The van der Waals surface area contributed by atoms with Crippen molar-refractivity contribution in [1.29, 1.82) is 0 Å². The second-order valence-corrected chi connectivity index (χ2v) is 7.25. The molecule has 4 rings (SSSR count). The highest BCUT2D eigenvalue weighted by atomic mass is 16.3.